The minimum Gasteiger partial charge on any atom is -0.368 e. The topological polar surface area (TPSA) is 23.6 Å². The number of hydrogen-bond donors (Lipinski definition) is 0. The van der Waals surface area contributed by atoms with Crippen LogP contribution in [0.5, 0.6) is 0 Å². The average molecular weight is 389 g/mol. The standard InChI is InChI=1S/C19H18BrFN2O/c20-16-4-1-15(2-5-16)3-10-19(24)23-13-11-22(12-14-23)18-8-6-17(21)7-9-18/h1-10H,11-14H2. The summed E-state index contributed by atoms with van der Waals surface area (Å²) in [5.41, 5.74) is 1.99. The quantitative estimate of drug-likeness (QED) is 0.743. The van der Waals surface area contributed by atoms with Gasteiger partial charge in [-0.15, -0.1) is 0 Å². The fourth-order valence-corrected chi connectivity index (χ4v) is 2.95. The van der Waals surface area contributed by atoms with E-state index in [4.69, 9.17) is 0 Å². The van der Waals surface area contributed by atoms with Crippen LogP contribution in [0.2, 0.25) is 0 Å². The Labute approximate surface area is 149 Å². The Balaban J connectivity index is 1.55. The molecule has 1 amide bonds. The number of rotatable bonds is 3. The molecule has 0 aromatic heterocycles. The molecule has 1 aliphatic heterocycles. The van der Waals surface area contributed by atoms with Crippen LogP contribution in [-0.4, -0.2) is 37.0 Å². The molecule has 0 N–H and O–H groups in total. The van der Waals surface area contributed by atoms with Crippen molar-refractivity contribution in [3.63, 3.8) is 0 Å². The molecule has 2 aromatic carbocycles. The van der Waals surface area contributed by atoms with Crippen LogP contribution in [0.15, 0.2) is 59.1 Å². The van der Waals surface area contributed by atoms with Crippen LogP contribution < -0.4 is 4.90 Å². The first-order valence-corrected chi connectivity index (χ1v) is 8.64. The van der Waals surface area contributed by atoms with Gasteiger partial charge in [0.15, 0.2) is 0 Å². The van der Waals surface area contributed by atoms with E-state index in [0.717, 1.165) is 28.8 Å². The van der Waals surface area contributed by atoms with Crippen LogP contribution in [0.4, 0.5) is 10.1 Å². The van der Waals surface area contributed by atoms with Crippen LogP contribution >= 0.6 is 15.9 Å². The third-order valence-corrected chi connectivity index (χ3v) is 4.60. The molecule has 1 fully saturated rings. The van der Waals surface area contributed by atoms with Gasteiger partial charge in [-0.2, -0.15) is 0 Å². The molecule has 0 saturated carbocycles. The third kappa shape index (κ3) is 4.23. The Kier molecular flexibility index (Phi) is 5.30. The molecule has 1 aliphatic rings. The largest absolute Gasteiger partial charge is 0.368 e. The van der Waals surface area contributed by atoms with Gasteiger partial charge in [-0.25, -0.2) is 4.39 Å². The number of piperazine rings is 1. The van der Waals surface area contributed by atoms with Crippen molar-refractivity contribution in [2.45, 2.75) is 0 Å². The maximum atomic E-state index is 13.0. The molecule has 1 saturated heterocycles. The van der Waals surface area contributed by atoms with Gasteiger partial charge in [-0.3, -0.25) is 4.79 Å². The van der Waals surface area contributed by atoms with Crippen molar-refractivity contribution >= 4 is 33.6 Å². The van der Waals surface area contributed by atoms with E-state index in [0.29, 0.717) is 13.1 Å². The summed E-state index contributed by atoms with van der Waals surface area (Å²) < 4.78 is 14.0. The summed E-state index contributed by atoms with van der Waals surface area (Å²) in [6.45, 7) is 2.84. The second-order valence-electron chi connectivity index (χ2n) is 5.67. The zero-order valence-corrected chi connectivity index (χ0v) is 14.7. The van der Waals surface area contributed by atoms with Crippen molar-refractivity contribution in [3.8, 4) is 0 Å². The summed E-state index contributed by atoms with van der Waals surface area (Å²) in [4.78, 5) is 16.3. The summed E-state index contributed by atoms with van der Waals surface area (Å²) in [6, 6.07) is 14.3. The zero-order valence-electron chi connectivity index (χ0n) is 13.2. The third-order valence-electron chi connectivity index (χ3n) is 4.07. The summed E-state index contributed by atoms with van der Waals surface area (Å²) in [7, 11) is 0. The molecule has 124 valence electrons. The molecule has 24 heavy (non-hydrogen) atoms. The van der Waals surface area contributed by atoms with Crippen LogP contribution in [0.1, 0.15) is 5.56 Å². The van der Waals surface area contributed by atoms with Crippen molar-refractivity contribution in [2.75, 3.05) is 31.1 Å². The van der Waals surface area contributed by atoms with Gasteiger partial charge < -0.3 is 9.80 Å². The van der Waals surface area contributed by atoms with Gasteiger partial charge in [0.25, 0.3) is 0 Å². The first-order valence-electron chi connectivity index (χ1n) is 7.85. The molecule has 0 spiro atoms. The molecular formula is C19H18BrFN2O. The molecule has 0 unspecified atom stereocenters. The lowest BCUT2D eigenvalue weighted by molar-refractivity contribution is -0.126. The SMILES string of the molecule is O=C(C=Cc1ccc(Br)cc1)N1CCN(c2ccc(F)cc2)CC1. The van der Waals surface area contributed by atoms with Gasteiger partial charge >= 0.3 is 0 Å². The van der Waals surface area contributed by atoms with Crippen LogP contribution in [0, 0.1) is 5.82 Å². The molecule has 3 rings (SSSR count). The van der Waals surface area contributed by atoms with E-state index < -0.39 is 0 Å². The fraction of sp³-hybridized carbons (Fsp3) is 0.211. The number of hydrogen-bond acceptors (Lipinski definition) is 2. The Hall–Kier alpha value is -2.14. The highest BCUT2D eigenvalue weighted by molar-refractivity contribution is 9.10. The smallest absolute Gasteiger partial charge is 0.246 e. The van der Waals surface area contributed by atoms with Gasteiger partial charge in [-0.05, 0) is 48.0 Å². The Bertz CT molecular complexity index is 720. The maximum absolute atomic E-state index is 13.0. The molecular weight excluding hydrogens is 371 g/mol. The summed E-state index contributed by atoms with van der Waals surface area (Å²) in [6.07, 6.45) is 3.46. The summed E-state index contributed by atoms with van der Waals surface area (Å²) >= 11 is 3.39. The second-order valence-corrected chi connectivity index (χ2v) is 6.59. The minimum atomic E-state index is -0.231. The van der Waals surface area contributed by atoms with Gasteiger partial charge in [-0.1, -0.05) is 28.1 Å². The number of halogens is 2. The van der Waals surface area contributed by atoms with E-state index in [2.05, 4.69) is 20.8 Å². The molecule has 5 heteroatoms. The predicted molar refractivity (Wildman–Crippen MR) is 98.4 cm³/mol. The molecule has 0 atom stereocenters. The number of carbonyl (C=O) groups excluding carboxylic acids is 1. The zero-order chi connectivity index (χ0) is 16.9. The monoisotopic (exact) mass is 388 g/mol. The van der Waals surface area contributed by atoms with E-state index in [1.54, 1.807) is 18.2 Å². The number of amides is 1. The Morgan fingerprint density at radius 3 is 2.21 bits per heavy atom. The maximum Gasteiger partial charge on any atom is 0.246 e. The van der Waals surface area contributed by atoms with Crippen molar-refractivity contribution in [1.29, 1.82) is 0 Å². The highest BCUT2D eigenvalue weighted by Gasteiger charge is 2.19. The molecule has 0 aliphatic carbocycles. The van der Waals surface area contributed by atoms with Crippen molar-refractivity contribution in [2.24, 2.45) is 0 Å². The van der Waals surface area contributed by atoms with Crippen LogP contribution in [0.25, 0.3) is 6.08 Å². The summed E-state index contributed by atoms with van der Waals surface area (Å²) in [5.74, 6) is -0.206. The molecule has 1 heterocycles. The number of carbonyl (C=O) groups is 1. The van der Waals surface area contributed by atoms with Gasteiger partial charge in [0.05, 0.1) is 0 Å². The van der Waals surface area contributed by atoms with E-state index >= 15 is 0 Å². The lowest BCUT2D eigenvalue weighted by Gasteiger charge is -2.35. The highest BCUT2D eigenvalue weighted by Crippen LogP contribution is 2.17. The van der Waals surface area contributed by atoms with Crippen LogP contribution in [0.3, 0.4) is 0 Å². The average Bonchev–Trinajstić information content (AvgIpc) is 2.62. The van der Waals surface area contributed by atoms with Crippen molar-refractivity contribution in [3.05, 3.63) is 70.5 Å². The predicted octanol–water partition coefficient (Wildman–Crippen LogP) is 3.95. The van der Waals surface area contributed by atoms with Crippen molar-refractivity contribution in [1.82, 2.24) is 4.90 Å². The number of anilines is 1. The Morgan fingerprint density at radius 1 is 0.958 bits per heavy atom. The van der Waals surface area contributed by atoms with Gasteiger partial charge in [0.1, 0.15) is 5.82 Å². The molecule has 0 radical (unpaired) electrons. The minimum absolute atomic E-state index is 0.0247. The Morgan fingerprint density at radius 2 is 1.58 bits per heavy atom. The summed E-state index contributed by atoms with van der Waals surface area (Å²) in [5, 5.41) is 0. The molecule has 0 bridgehead atoms. The van der Waals surface area contributed by atoms with E-state index in [1.165, 1.54) is 12.1 Å². The normalized spacial score (nSPS) is 15.1. The second kappa shape index (κ2) is 7.62. The molecule has 3 nitrogen and oxygen atoms in total. The fourth-order valence-electron chi connectivity index (χ4n) is 2.68. The van der Waals surface area contributed by atoms with E-state index in [-0.39, 0.29) is 11.7 Å². The highest BCUT2D eigenvalue weighted by atomic mass is 79.9. The van der Waals surface area contributed by atoms with Crippen molar-refractivity contribution < 1.29 is 9.18 Å². The number of nitrogens with zero attached hydrogens (tertiary/aromatic N) is 2. The van der Waals surface area contributed by atoms with E-state index in [9.17, 15) is 9.18 Å². The van der Waals surface area contributed by atoms with Crippen LogP contribution in [-0.2, 0) is 4.79 Å². The lowest BCUT2D eigenvalue weighted by Crippen LogP contribution is -2.48. The lowest BCUT2D eigenvalue weighted by atomic mass is 10.2. The van der Waals surface area contributed by atoms with Gasteiger partial charge in [0, 0.05) is 42.4 Å². The number of benzene rings is 2. The first kappa shape index (κ1) is 16.7. The van der Waals surface area contributed by atoms with E-state index in [1.807, 2.05) is 35.2 Å². The molecule has 2 aromatic rings. The van der Waals surface area contributed by atoms with Gasteiger partial charge in [0.2, 0.25) is 5.91 Å². The first-order chi connectivity index (χ1) is 11.6.